The molecule has 1 atom stereocenters. The zero-order valence-electron chi connectivity index (χ0n) is 11.8. The Morgan fingerprint density at radius 1 is 1.10 bits per heavy atom. The summed E-state index contributed by atoms with van der Waals surface area (Å²) in [5.74, 6) is 1.01. The Bertz CT molecular complexity index is 401. The van der Waals surface area contributed by atoms with E-state index in [1.807, 2.05) is 0 Å². The lowest BCUT2D eigenvalue weighted by atomic mass is 9.96. The van der Waals surface area contributed by atoms with E-state index in [1.54, 1.807) is 23.1 Å². The number of hydrogen-bond acceptors (Lipinski definition) is 6. The molecule has 1 aromatic rings. The maximum atomic E-state index is 5.75. The minimum atomic E-state index is 0.410. The topological polar surface area (TPSA) is 47.0 Å². The van der Waals surface area contributed by atoms with E-state index in [9.17, 15) is 0 Å². The highest BCUT2D eigenvalue weighted by Crippen LogP contribution is 2.30. The normalized spacial score (nSPS) is 24.7. The molecule has 1 saturated carbocycles. The third-order valence-electron chi connectivity index (χ3n) is 4.01. The number of hydrogen-bond donors (Lipinski definition) is 1. The Hall–Kier alpha value is -0.330. The number of ether oxygens (including phenoxy) is 1. The number of nitrogens with one attached hydrogen (secondary N) is 1. The monoisotopic (exact) mass is 313 g/mol. The van der Waals surface area contributed by atoms with Crippen LogP contribution >= 0.6 is 23.1 Å². The molecule has 1 unspecified atom stereocenters. The van der Waals surface area contributed by atoms with Crippen LogP contribution in [0.25, 0.3) is 0 Å². The van der Waals surface area contributed by atoms with Crippen molar-refractivity contribution in [2.45, 2.75) is 67.9 Å². The molecule has 1 aliphatic carbocycles. The molecular weight excluding hydrogens is 290 g/mol. The van der Waals surface area contributed by atoms with E-state index in [0.717, 1.165) is 21.8 Å². The Kier molecular flexibility index (Phi) is 5.56. The van der Waals surface area contributed by atoms with Crippen molar-refractivity contribution in [2.75, 3.05) is 17.7 Å². The van der Waals surface area contributed by atoms with Gasteiger partial charge in [0.05, 0.1) is 6.10 Å². The largest absolute Gasteiger partial charge is 0.377 e. The molecular formula is C14H23N3OS2. The molecule has 2 aliphatic rings. The molecule has 1 saturated heterocycles. The molecule has 3 rings (SSSR count). The summed E-state index contributed by atoms with van der Waals surface area (Å²) in [4.78, 5) is 0. The molecule has 6 heteroatoms. The summed E-state index contributed by atoms with van der Waals surface area (Å²) in [6.07, 6.45) is 10.7. The van der Waals surface area contributed by atoms with Crippen molar-refractivity contribution in [1.82, 2.24) is 10.2 Å². The molecule has 1 N–H and O–H groups in total. The lowest BCUT2D eigenvalue weighted by Gasteiger charge is -2.22. The summed E-state index contributed by atoms with van der Waals surface area (Å²) in [6.45, 7) is 0.926. The Morgan fingerprint density at radius 2 is 1.95 bits per heavy atom. The zero-order valence-corrected chi connectivity index (χ0v) is 13.5. The van der Waals surface area contributed by atoms with Crippen LogP contribution in [0.2, 0.25) is 0 Å². The summed E-state index contributed by atoms with van der Waals surface area (Å²) >= 11 is 3.48. The summed E-state index contributed by atoms with van der Waals surface area (Å²) in [7, 11) is 0. The first-order valence-corrected chi connectivity index (χ1v) is 9.55. The molecule has 20 heavy (non-hydrogen) atoms. The second-order valence-electron chi connectivity index (χ2n) is 5.65. The highest BCUT2D eigenvalue weighted by atomic mass is 32.2. The first-order chi connectivity index (χ1) is 9.90. The molecule has 1 aliphatic heterocycles. The lowest BCUT2D eigenvalue weighted by Crippen LogP contribution is -2.21. The van der Waals surface area contributed by atoms with Crippen LogP contribution < -0.4 is 5.32 Å². The number of aromatic nitrogens is 2. The smallest absolute Gasteiger partial charge is 0.206 e. The van der Waals surface area contributed by atoms with Crippen LogP contribution in [0.4, 0.5) is 5.13 Å². The van der Waals surface area contributed by atoms with Gasteiger partial charge in [-0.15, -0.1) is 10.2 Å². The third kappa shape index (κ3) is 4.33. The minimum Gasteiger partial charge on any atom is -0.377 e. The van der Waals surface area contributed by atoms with Crippen molar-refractivity contribution in [3.63, 3.8) is 0 Å². The van der Waals surface area contributed by atoms with Crippen LogP contribution in [0.15, 0.2) is 4.34 Å². The van der Waals surface area contributed by atoms with Gasteiger partial charge in [0.2, 0.25) is 5.13 Å². The van der Waals surface area contributed by atoms with E-state index in [1.165, 1.54) is 51.4 Å². The first kappa shape index (κ1) is 14.6. The first-order valence-electron chi connectivity index (χ1n) is 7.74. The molecule has 2 heterocycles. The molecule has 0 spiro atoms. The highest BCUT2D eigenvalue weighted by Gasteiger charge is 2.17. The molecule has 0 radical (unpaired) electrons. The van der Waals surface area contributed by atoms with Gasteiger partial charge in [-0.25, -0.2) is 0 Å². The standard InChI is InChI=1S/C14H23N3OS2/c1-2-6-11(7-3-1)15-13-16-17-14(20-13)19-10-12-8-4-5-9-18-12/h11-12H,1-10H2,(H,15,16). The minimum absolute atomic E-state index is 0.410. The van der Waals surface area contributed by atoms with Gasteiger partial charge in [-0.3, -0.25) is 0 Å². The quantitative estimate of drug-likeness (QED) is 0.834. The van der Waals surface area contributed by atoms with Gasteiger partial charge in [-0.1, -0.05) is 42.4 Å². The van der Waals surface area contributed by atoms with E-state index in [4.69, 9.17) is 4.74 Å². The van der Waals surface area contributed by atoms with Crippen molar-refractivity contribution in [2.24, 2.45) is 0 Å². The summed E-state index contributed by atoms with van der Waals surface area (Å²) in [5.41, 5.74) is 0. The zero-order chi connectivity index (χ0) is 13.6. The average molecular weight is 313 g/mol. The number of rotatable bonds is 5. The predicted octanol–water partition coefficient (Wildman–Crippen LogP) is 3.94. The molecule has 1 aromatic heterocycles. The molecule has 0 aromatic carbocycles. The van der Waals surface area contributed by atoms with Crippen LogP contribution in [-0.4, -0.2) is 34.7 Å². The van der Waals surface area contributed by atoms with E-state index >= 15 is 0 Å². The van der Waals surface area contributed by atoms with Gasteiger partial charge in [-0.05, 0) is 32.1 Å². The average Bonchev–Trinajstić information content (AvgIpc) is 2.95. The molecule has 4 nitrogen and oxygen atoms in total. The van der Waals surface area contributed by atoms with Crippen LogP contribution in [0.3, 0.4) is 0 Å². The Balaban J connectivity index is 1.43. The van der Waals surface area contributed by atoms with Gasteiger partial charge < -0.3 is 10.1 Å². The van der Waals surface area contributed by atoms with Gasteiger partial charge in [-0.2, -0.15) is 0 Å². The van der Waals surface area contributed by atoms with Crippen LogP contribution in [0.5, 0.6) is 0 Å². The van der Waals surface area contributed by atoms with Gasteiger partial charge in [0.25, 0.3) is 0 Å². The molecule has 112 valence electrons. The maximum absolute atomic E-state index is 5.75. The van der Waals surface area contributed by atoms with Gasteiger partial charge in [0, 0.05) is 18.4 Å². The lowest BCUT2D eigenvalue weighted by molar-refractivity contribution is 0.0315. The van der Waals surface area contributed by atoms with Crippen molar-refractivity contribution in [1.29, 1.82) is 0 Å². The second-order valence-corrected chi connectivity index (χ2v) is 7.90. The summed E-state index contributed by atoms with van der Waals surface area (Å²) < 4.78 is 6.82. The van der Waals surface area contributed by atoms with Crippen LogP contribution in [-0.2, 0) is 4.74 Å². The summed E-state index contributed by atoms with van der Waals surface area (Å²) in [6, 6.07) is 0.608. The molecule has 2 fully saturated rings. The fraction of sp³-hybridized carbons (Fsp3) is 0.857. The Morgan fingerprint density at radius 3 is 2.75 bits per heavy atom. The van der Waals surface area contributed by atoms with Crippen molar-refractivity contribution in [3.8, 4) is 0 Å². The van der Waals surface area contributed by atoms with E-state index < -0.39 is 0 Å². The van der Waals surface area contributed by atoms with E-state index in [-0.39, 0.29) is 0 Å². The molecule has 0 bridgehead atoms. The van der Waals surface area contributed by atoms with Gasteiger partial charge in [0.1, 0.15) is 0 Å². The highest BCUT2D eigenvalue weighted by molar-refractivity contribution is 8.01. The molecule has 0 amide bonds. The Labute approximate surface area is 129 Å². The van der Waals surface area contributed by atoms with E-state index in [0.29, 0.717) is 12.1 Å². The number of anilines is 1. The number of nitrogens with zero attached hydrogens (tertiary/aromatic N) is 2. The van der Waals surface area contributed by atoms with Crippen molar-refractivity contribution >= 4 is 28.2 Å². The maximum Gasteiger partial charge on any atom is 0.206 e. The van der Waals surface area contributed by atoms with Crippen LogP contribution in [0.1, 0.15) is 51.4 Å². The fourth-order valence-corrected chi connectivity index (χ4v) is 4.77. The fourth-order valence-electron chi connectivity index (χ4n) is 2.85. The van der Waals surface area contributed by atoms with Gasteiger partial charge >= 0.3 is 0 Å². The van der Waals surface area contributed by atoms with Crippen molar-refractivity contribution < 1.29 is 4.74 Å². The van der Waals surface area contributed by atoms with Crippen molar-refractivity contribution in [3.05, 3.63) is 0 Å². The third-order valence-corrected chi connectivity index (χ3v) is 6.13. The van der Waals surface area contributed by atoms with E-state index in [2.05, 4.69) is 15.5 Å². The van der Waals surface area contributed by atoms with Gasteiger partial charge in [0.15, 0.2) is 4.34 Å². The number of thioether (sulfide) groups is 1. The SMILES string of the molecule is C1CCC(Nc2nnc(SCC3CCCCO3)s2)CC1. The summed E-state index contributed by atoms with van der Waals surface area (Å²) in [5, 5.41) is 13.1. The van der Waals surface area contributed by atoms with Crippen LogP contribution in [0, 0.1) is 0 Å². The predicted molar refractivity (Wildman–Crippen MR) is 84.7 cm³/mol. The second kappa shape index (κ2) is 7.61.